The average molecular weight is 382 g/mol. The van der Waals surface area contributed by atoms with Gasteiger partial charge in [-0.05, 0) is 31.2 Å². The van der Waals surface area contributed by atoms with E-state index >= 15 is 0 Å². The van der Waals surface area contributed by atoms with Crippen LogP contribution in [0.2, 0.25) is 0 Å². The maximum atomic E-state index is 12.6. The molecule has 1 aromatic rings. The third-order valence-corrected chi connectivity index (χ3v) is 6.64. The number of hydrogen-bond acceptors (Lipinski definition) is 6. The zero-order valence-electron chi connectivity index (χ0n) is 15.0. The number of carbonyl (C=O) groups is 1. The van der Waals surface area contributed by atoms with Gasteiger partial charge < -0.3 is 15.4 Å². The van der Waals surface area contributed by atoms with Crippen molar-refractivity contribution in [3.05, 3.63) is 24.3 Å². The lowest BCUT2D eigenvalue weighted by Crippen LogP contribution is -2.51. The van der Waals surface area contributed by atoms with Gasteiger partial charge in [-0.2, -0.15) is 4.31 Å². The number of piperazine rings is 1. The molecule has 144 valence electrons. The summed E-state index contributed by atoms with van der Waals surface area (Å²) in [5, 5.41) is 6.13. The van der Waals surface area contributed by atoms with Crippen molar-refractivity contribution in [2.75, 3.05) is 57.8 Å². The molecule has 1 amide bonds. The minimum absolute atomic E-state index is 0.0949. The van der Waals surface area contributed by atoms with Crippen LogP contribution < -0.4 is 10.6 Å². The van der Waals surface area contributed by atoms with E-state index in [0.717, 1.165) is 19.6 Å². The van der Waals surface area contributed by atoms with Crippen molar-refractivity contribution in [3.8, 4) is 0 Å². The molecule has 8 nitrogen and oxygen atoms in total. The van der Waals surface area contributed by atoms with Crippen molar-refractivity contribution in [3.63, 3.8) is 0 Å². The number of hydrogen-bond donors (Lipinski definition) is 2. The van der Waals surface area contributed by atoms with Crippen LogP contribution >= 0.6 is 0 Å². The van der Waals surface area contributed by atoms with E-state index in [0.29, 0.717) is 44.6 Å². The maximum absolute atomic E-state index is 12.6. The monoisotopic (exact) mass is 382 g/mol. The van der Waals surface area contributed by atoms with Gasteiger partial charge in [-0.25, -0.2) is 8.42 Å². The minimum atomic E-state index is -3.51. The van der Waals surface area contributed by atoms with Gasteiger partial charge in [0.2, 0.25) is 15.9 Å². The smallest absolute Gasteiger partial charge is 0.243 e. The highest BCUT2D eigenvalue weighted by Crippen LogP contribution is 2.19. The van der Waals surface area contributed by atoms with E-state index in [4.69, 9.17) is 4.74 Å². The molecular formula is C17H26N4O4S. The number of sulfonamides is 1. The number of morpholine rings is 1. The predicted molar refractivity (Wildman–Crippen MR) is 98.6 cm³/mol. The molecule has 0 unspecified atom stereocenters. The zero-order valence-corrected chi connectivity index (χ0v) is 15.8. The summed E-state index contributed by atoms with van der Waals surface area (Å²) in [6, 6.07) is 6.65. The van der Waals surface area contributed by atoms with E-state index in [1.165, 1.54) is 16.4 Å². The fraction of sp³-hybridized carbons (Fsp3) is 0.588. The van der Waals surface area contributed by atoms with E-state index in [1.54, 1.807) is 12.1 Å². The van der Waals surface area contributed by atoms with Crippen molar-refractivity contribution in [1.82, 2.24) is 14.5 Å². The van der Waals surface area contributed by atoms with Gasteiger partial charge in [0.05, 0.1) is 24.7 Å². The molecule has 1 aromatic carbocycles. The number of rotatable bonds is 5. The van der Waals surface area contributed by atoms with E-state index < -0.39 is 10.0 Å². The highest BCUT2D eigenvalue weighted by Gasteiger charge is 2.26. The Morgan fingerprint density at radius 1 is 1.23 bits per heavy atom. The predicted octanol–water partition coefficient (Wildman–Crippen LogP) is -0.0603. The Hall–Kier alpha value is -1.52. The van der Waals surface area contributed by atoms with Gasteiger partial charge in [0.15, 0.2) is 0 Å². The Balaban J connectivity index is 1.59. The molecule has 1 atom stereocenters. The molecule has 2 aliphatic heterocycles. The molecule has 0 spiro atoms. The average Bonchev–Trinajstić information content (AvgIpc) is 2.65. The number of benzene rings is 1. The van der Waals surface area contributed by atoms with E-state index in [2.05, 4.69) is 22.5 Å². The summed E-state index contributed by atoms with van der Waals surface area (Å²) in [5.41, 5.74) is 0.596. The van der Waals surface area contributed by atoms with Crippen molar-refractivity contribution in [1.29, 1.82) is 0 Å². The number of anilines is 1. The maximum Gasteiger partial charge on any atom is 0.243 e. The topological polar surface area (TPSA) is 91.0 Å². The Kier molecular flexibility index (Phi) is 6.25. The van der Waals surface area contributed by atoms with Crippen LogP contribution in [0.1, 0.15) is 6.92 Å². The third kappa shape index (κ3) is 4.60. The van der Waals surface area contributed by atoms with Crippen LogP contribution in [0.4, 0.5) is 5.69 Å². The number of amides is 1. The highest BCUT2D eigenvalue weighted by atomic mass is 32.2. The lowest BCUT2D eigenvalue weighted by molar-refractivity contribution is -0.118. The van der Waals surface area contributed by atoms with Crippen LogP contribution in [0.15, 0.2) is 29.2 Å². The molecule has 9 heteroatoms. The number of nitrogens with zero attached hydrogens (tertiary/aromatic N) is 2. The first-order valence-corrected chi connectivity index (χ1v) is 10.3. The summed E-state index contributed by atoms with van der Waals surface area (Å²) in [4.78, 5) is 14.6. The Bertz CT molecular complexity index is 717. The first-order valence-electron chi connectivity index (χ1n) is 8.89. The summed E-state index contributed by atoms with van der Waals surface area (Å²) in [6.07, 6.45) is 0. The summed E-state index contributed by atoms with van der Waals surface area (Å²) >= 11 is 0. The van der Waals surface area contributed by atoms with Crippen LogP contribution in [0.3, 0.4) is 0 Å². The first kappa shape index (κ1) is 19.2. The van der Waals surface area contributed by atoms with Gasteiger partial charge in [-0.1, -0.05) is 0 Å². The first-order chi connectivity index (χ1) is 12.5. The normalized spacial score (nSPS) is 22.9. The Morgan fingerprint density at radius 3 is 2.58 bits per heavy atom. The largest absolute Gasteiger partial charge is 0.379 e. The quantitative estimate of drug-likeness (QED) is 0.742. The minimum Gasteiger partial charge on any atom is -0.379 e. The third-order valence-electron chi connectivity index (χ3n) is 4.73. The molecule has 0 radical (unpaired) electrons. The Morgan fingerprint density at radius 2 is 1.92 bits per heavy atom. The number of ether oxygens (including phenoxy) is 1. The van der Waals surface area contributed by atoms with Gasteiger partial charge in [0.25, 0.3) is 0 Å². The molecule has 0 saturated carbocycles. The molecule has 2 N–H and O–H groups in total. The molecule has 2 saturated heterocycles. The van der Waals surface area contributed by atoms with Crippen molar-refractivity contribution in [2.24, 2.45) is 0 Å². The second-order valence-electron chi connectivity index (χ2n) is 6.61. The van der Waals surface area contributed by atoms with Gasteiger partial charge in [-0.3, -0.25) is 9.69 Å². The van der Waals surface area contributed by atoms with Crippen LogP contribution in [0, 0.1) is 0 Å². The molecule has 0 aliphatic carbocycles. The van der Waals surface area contributed by atoms with Gasteiger partial charge >= 0.3 is 0 Å². The molecule has 2 heterocycles. The summed E-state index contributed by atoms with van der Waals surface area (Å²) in [6.45, 7) is 6.57. The SMILES string of the molecule is C[C@H]1CNCCN1CC(=O)Nc1ccc(S(=O)(=O)N2CCOCC2)cc1. The van der Waals surface area contributed by atoms with Crippen molar-refractivity contribution >= 4 is 21.6 Å². The molecule has 0 bridgehead atoms. The lowest BCUT2D eigenvalue weighted by Gasteiger charge is -2.33. The fourth-order valence-corrected chi connectivity index (χ4v) is 4.56. The van der Waals surface area contributed by atoms with Crippen LogP contribution in [0.5, 0.6) is 0 Å². The molecule has 2 aliphatic rings. The van der Waals surface area contributed by atoms with E-state index in [-0.39, 0.29) is 10.8 Å². The second kappa shape index (κ2) is 8.45. The summed E-state index contributed by atoms with van der Waals surface area (Å²) in [7, 11) is -3.51. The standard InChI is InChI=1S/C17H26N4O4S/c1-14-12-18-6-7-20(14)13-17(22)19-15-2-4-16(5-3-15)26(23,24)21-8-10-25-11-9-21/h2-5,14,18H,6-13H2,1H3,(H,19,22)/t14-/m0/s1. The summed E-state index contributed by atoms with van der Waals surface area (Å²) < 4.78 is 31.8. The molecule has 0 aromatic heterocycles. The van der Waals surface area contributed by atoms with Crippen LogP contribution in [0.25, 0.3) is 0 Å². The van der Waals surface area contributed by atoms with Crippen LogP contribution in [-0.2, 0) is 19.6 Å². The lowest BCUT2D eigenvalue weighted by atomic mass is 10.2. The van der Waals surface area contributed by atoms with Gasteiger partial charge in [-0.15, -0.1) is 0 Å². The number of nitrogens with one attached hydrogen (secondary N) is 2. The molecule has 3 rings (SSSR count). The molecule has 2 fully saturated rings. The summed E-state index contributed by atoms with van der Waals surface area (Å²) in [5.74, 6) is -0.0949. The van der Waals surface area contributed by atoms with E-state index in [1.807, 2.05) is 0 Å². The van der Waals surface area contributed by atoms with Crippen molar-refractivity contribution < 1.29 is 17.9 Å². The highest BCUT2D eigenvalue weighted by molar-refractivity contribution is 7.89. The van der Waals surface area contributed by atoms with Gasteiger partial charge in [0, 0.05) is 44.5 Å². The fourth-order valence-electron chi connectivity index (χ4n) is 3.15. The zero-order chi connectivity index (χ0) is 18.6. The Labute approximate surface area is 154 Å². The second-order valence-corrected chi connectivity index (χ2v) is 8.55. The molecular weight excluding hydrogens is 356 g/mol. The van der Waals surface area contributed by atoms with Crippen LogP contribution in [-0.4, -0.2) is 82.1 Å². The van der Waals surface area contributed by atoms with E-state index in [9.17, 15) is 13.2 Å². The van der Waals surface area contributed by atoms with Crippen molar-refractivity contribution in [2.45, 2.75) is 17.9 Å². The molecule has 26 heavy (non-hydrogen) atoms. The number of carbonyl (C=O) groups excluding carboxylic acids is 1. The van der Waals surface area contributed by atoms with Gasteiger partial charge in [0.1, 0.15) is 0 Å².